The molecule has 0 aliphatic carbocycles. The number of carbonyl (C=O) groups is 1. The minimum absolute atomic E-state index is 0.535. The monoisotopic (exact) mass is 130 g/mol. The van der Waals surface area contributed by atoms with Crippen LogP contribution in [0.15, 0.2) is 5.16 Å². The molecule has 0 amide bonds. The van der Waals surface area contributed by atoms with Gasteiger partial charge >= 0.3 is 5.97 Å². The second kappa shape index (κ2) is 4.03. The van der Waals surface area contributed by atoms with Crippen LogP contribution in [-0.4, -0.2) is 18.7 Å². The molecule has 4 heteroatoms. The standard InChI is InChI=1S/C5H10N2O2/c1-3-4(6)5(8)9-7-2/h4H,2-3,6H2,1H3/t4-/m1/s1. The number of nitrogens with zero attached hydrogens (tertiary/aromatic N) is 1. The lowest BCUT2D eigenvalue weighted by atomic mass is 10.2. The first-order chi connectivity index (χ1) is 4.22. The Morgan fingerprint density at radius 2 is 2.56 bits per heavy atom. The van der Waals surface area contributed by atoms with Crippen molar-refractivity contribution in [2.45, 2.75) is 19.4 Å². The first-order valence-electron chi connectivity index (χ1n) is 2.64. The third kappa shape index (κ3) is 2.81. The van der Waals surface area contributed by atoms with E-state index in [1.54, 1.807) is 6.92 Å². The predicted octanol–water partition coefficient (Wildman–Crippen LogP) is -0.118. The number of oxime groups is 1. The van der Waals surface area contributed by atoms with Crippen LogP contribution in [0, 0.1) is 0 Å². The molecule has 52 valence electrons. The van der Waals surface area contributed by atoms with Gasteiger partial charge in [-0.1, -0.05) is 12.1 Å². The number of hydrogen-bond acceptors (Lipinski definition) is 4. The molecule has 0 aromatic carbocycles. The van der Waals surface area contributed by atoms with Crippen LogP contribution in [0.1, 0.15) is 13.3 Å². The van der Waals surface area contributed by atoms with Gasteiger partial charge in [-0.3, -0.25) is 0 Å². The van der Waals surface area contributed by atoms with Crippen molar-refractivity contribution >= 4 is 12.7 Å². The highest BCUT2D eigenvalue weighted by Crippen LogP contribution is 1.89. The highest BCUT2D eigenvalue weighted by molar-refractivity contribution is 5.75. The van der Waals surface area contributed by atoms with Gasteiger partial charge in [-0.05, 0) is 6.42 Å². The summed E-state index contributed by atoms with van der Waals surface area (Å²) in [5.41, 5.74) is 5.24. The SMILES string of the molecule is C=NOC(=O)[C@H](N)CC. The van der Waals surface area contributed by atoms with Gasteiger partial charge in [0, 0.05) is 6.72 Å². The Balaban J connectivity index is 3.58. The van der Waals surface area contributed by atoms with E-state index in [1.165, 1.54) is 0 Å². The molecule has 0 fully saturated rings. The van der Waals surface area contributed by atoms with Crippen LogP contribution in [0.4, 0.5) is 0 Å². The zero-order valence-corrected chi connectivity index (χ0v) is 5.33. The molecule has 0 heterocycles. The first-order valence-corrected chi connectivity index (χ1v) is 2.64. The van der Waals surface area contributed by atoms with Gasteiger partial charge in [0.1, 0.15) is 6.04 Å². The highest BCUT2D eigenvalue weighted by Gasteiger charge is 2.11. The van der Waals surface area contributed by atoms with Crippen LogP contribution >= 0.6 is 0 Å². The molecule has 0 aromatic rings. The first kappa shape index (κ1) is 8.10. The largest absolute Gasteiger partial charge is 0.351 e. The molecule has 0 spiro atoms. The van der Waals surface area contributed by atoms with Gasteiger partial charge in [0.25, 0.3) is 0 Å². The van der Waals surface area contributed by atoms with Crippen molar-refractivity contribution < 1.29 is 9.63 Å². The van der Waals surface area contributed by atoms with Crippen LogP contribution in [0.3, 0.4) is 0 Å². The fraction of sp³-hybridized carbons (Fsp3) is 0.600. The van der Waals surface area contributed by atoms with Gasteiger partial charge in [-0.25, -0.2) is 4.79 Å². The summed E-state index contributed by atoms with van der Waals surface area (Å²) in [6.45, 7) is 4.76. The maximum absolute atomic E-state index is 10.5. The number of carbonyl (C=O) groups excluding carboxylic acids is 1. The zero-order chi connectivity index (χ0) is 7.28. The number of hydrogen-bond donors (Lipinski definition) is 1. The van der Waals surface area contributed by atoms with Gasteiger partial charge < -0.3 is 10.6 Å². The summed E-state index contributed by atoms with van der Waals surface area (Å²) < 4.78 is 0. The minimum Gasteiger partial charge on any atom is -0.318 e. The fourth-order valence-electron chi connectivity index (χ4n) is 0.298. The Labute approximate surface area is 53.7 Å². The molecule has 0 rings (SSSR count). The molecular formula is C5H10N2O2. The Morgan fingerprint density at radius 3 is 2.89 bits per heavy atom. The Kier molecular flexibility index (Phi) is 3.62. The zero-order valence-electron chi connectivity index (χ0n) is 5.33. The van der Waals surface area contributed by atoms with E-state index in [2.05, 4.69) is 16.7 Å². The molecule has 4 nitrogen and oxygen atoms in total. The summed E-state index contributed by atoms with van der Waals surface area (Å²) in [5.74, 6) is -0.535. The predicted molar refractivity (Wildman–Crippen MR) is 33.9 cm³/mol. The summed E-state index contributed by atoms with van der Waals surface area (Å²) in [6, 6.07) is -0.574. The fourth-order valence-corrected chi connectivity index (χ4v) is 0.298. The van der Waals surface area contributed by atoms with Gasteiger partial charge in [-0.15, -0.1) is 0 Å². The summed E-state index contributed by atoms with van der Waals surface area (Å²) in [4.78, 5) is 14.6. The van der Waals surface area contributed by atoms with Crippen molar-refractivity contribution in [1.82, 2.24) is 0 Å². The average molecular weight is 130 g/mol. The maximum Gasteiger partial charge on any atom is 0.351 e. The van der Waals surface area contributed by atoms with E-state index in [1.807, 2.05) is 0 Å². The topological polar surface area (TPSA) is 64.7 Å². The van der Waals surface area contributed by atoms with E-state index in [9.17, 15) is 4.79 Å². The van der Waals surface area contributed by atoms with E-state index in [-0.39, 0.29) is 0 Å². The molecule has 0 saturated heterocycles. The molecule has 0 aromatic heterocycles. The van der Waals surface area contributed by atoms with Crippen molar-refractivity contribution in [2.75, 3.05) is 0 Å². The molecular weight excluding hydrogens is 120 g/mol. The highest BCUT2D eigenvalue weighted by atomic mass is 16.7. The Morgan fingerprint density at radius 1 is 2.00 bits per heavy atom. The maximum atomic E-state index is 10.5. The van der Waals surface area contributed by atoms with E-state index in [0.717, 1.165) is 0 Å². The van der Waals surface area contributed by atoms with Crippen LogP contribution in [0.25, 0.3) is 0 Å². The summed E-state index contributed by atoms with van der Waals surface area (Å²) >= 11 is 0. The molecule has 2 N–H and O–H groups in total. The second-order valence-corrected chi connectivity index (χ2v) is 1.55. The third-order valence-corrected chi connectivity index (χ3v) is 0.897. The van der Waals surface area contributed by atoms with E-state index in [4.69, 9.17) is 5.73 Å². The molecule has 0 saturated carbocycles. The van der Waals surface area contributed by atoms with Crippen molar-refractivity contribution in [2.24, 2.45) is 10.9 Å². The molecule has 0 aliphatic heterocycles. The summed E-state index contributed by atoms with van der Waals surface area (Å²) in [5, 5.41) is 2.93. The van der Waals surface area contributed by atoms with Crippen LogP contribution in [-0.2, 0) is 9.63 Å². The van der Waals surface area contributed by atoms with Crippen LogP contribution < -0.4 is 5.73 Å². The lowest BCUT2D eigenvalue weighted by Gasteiger charge is -2.01. The second-order valence-electron chi connectivity index (χ2n) is 1.55. The van der Waals surface area contributed by atoms with Crippen molar-refractivity contribution in [3.8, 4) is 0 Å². The summed E-state index contributed by atoms with van der Waals surface area (Å²) in [7, 11) is 0. The average Bonchev–Trinajstić information content (AvgIpc) is 1.87. The van der Waals surface area contributed by atoms with Crippen molar-refractivity contribution in [1.29, 1.82) is 0 Å². The Bertz CT molecular complexity index is 114. The Hall–Kier alpha value is -0.900. The number of rotatable bonds is 3. The van der Waals surface area contributed by atoms with Gasteiger partial charge in [0.05, 0.1) is 0 Å². The molecule has 9 heavy (non-hydrogen) atoms. The smallest absolute Gasteiger partial charge is 0.318 e. The van der Waals surface area contributed by atoms with Gasteiger partial charge in [-0.2, -0.15) is 0 Å². The van der Waals surface area contributed by atoms with Crippen LogP contribution in [0.2, 0.25) is 0 Å². The van der Waals surface area contributed by atoms with E-state index < -0.39 is 12.0 Å². The molecule has 0 aliphatic rings. The lowest BCUT2D eigenvalue weighted by Crippen LogP contribution is -2.30. The molecule has 0 radical (unpaired) electrons. The van der Waals surface area contributed by atoms with E-state index in [0.29, 0.717) is 6.42 Å². The van der Waals surface area contributed by atoms with Crippen molar-refractivity contribution in [3.63, 3.8) is 0 Å². The van der Waals surface area contributed by atoms with Crippen molar-refractivity contribution in [3.05, 3.63) is 0 Å². The van der Waals surface area contributed by atoms with Gasteiger partial charge in [0.15, 0.2) is 0 Å². The molecule has 1 atom stereocenters. The third-order valence-electron chi connectivity index (χ3n) is 0.897. The van der Waals surface area contributed by atoms with Crippen LogP contribution in [0.5, 0.6) is 0 Å². The normalized spacial score (nSPS) is 12.2. The quantitative estimate of drug-likeness (QED) is 0.329. The minimum atomic E-state index is -0.574. The van der Waals surface area contributed by atoms with E-state index >= 15 is 0 Å². The number of nitrogens with two attached hydrogens (primary N) is 1. The lowest BCUT2D eigenvalue weighted by molar-refractivity contribution is -0.145. The van der Waals surface area contributed by atoms with Gasteiger partial charge in [0.2, 0.25) is 0 Å². The molecule has 0 bridgehead atoms. The summed E-state index contributed by atoms with van der Waals surface area (Å²) in [6.07, 6.45) is 0.550. The molecule has 0 unspecified atom stereocenters.